The van der Waals surface area contributed by atoms with E-state index in [1.54, 1.807) is 6.20 Å². The minimum atomic E-state index is -0.974. The lowest BCUT2D eigenvalue weighted by Gasteiger charge is -1.98. The van der Waals surface area contributed by atoms with Gasteiger partial charge in [-0.05, 0) is 48.9 Å². The maximum atomic E-state index is 12.0. The third-order valence-electron chi connectivity index (χ3n) is 2.66. The quantitative estimate of drug-likeness (QED) is 0.840. The van der Waals surface area contributed by atoms with Gasteiger partial charge in [0.2, 0.25) is 0 Å². The largest absolute Gasteiger partial charge is 0.397 e. The van der Waals surface area contributed by atoms with E-state index in [9.17, 15) is 4.21 Å². The molecule has 2 aromatic rings. The Kier molecular flexibility index (Phi) is 8.50. The first kappa shape index (κ1) is 18.7. The Labute approximate surface area is 143 Å². The molecule has 0 aliphatic rings. The van der Waals surface area contributed by atoms with Gasteiger partial charge in [0.1, 0.15) is 9.04 Å². The number of pyridine rings is 1. The minimum absolute atomic E-state index is 0.641. The van der Waals surface area contributed by atoms with E-state index in [1.165, 1.54) is 11.3 Å². The highest BCUT2D eigenvalue weighted by atomic mass is 32.2. The predicted octanol–water partition coefficient (Wildman–Crippen LogP) is 4.36. The van der Waals surface area contributed by atoms with Crippen molar-refractivity contribution >= 4 is 38.0 Å². The summed E-state index contributed by atoms with van der Waals surface area (Å²) in [6.07, 6.45) is 3.75. The Morgan fingerprint density at radius 3 is 2.57 bits per heavy atom. The monoisotopic (exact) mass is 342 g/mol. The second-order valence-corrected chi connectivity index (χ2v) is 7.06. The molecule has 23 heavy (non-hydrogen) atoms. The Morgan fingerprint density at radius 2 is 2.00 bits per heavy atom. The molecule has 5 heteroatoms. The molecule has 0 saturated heterocycles. The molecule has 2 rings (SSSR count). The molecular formula is C18H18N2OS2. The van der Waals surface area contributed by atoms with Crippen LogP contribution in [0, 0.1) is 0 Å². The zero-order valence-electron chi connectivity index (χ0n) is 13.0. The van der Waals surface area contributed by atoms with Crippen molar-refractivity contribution in [3.63, 3.8) is 0 Å². The van der Waals surface area contributed by atoms with Crippen LogP contribution in [0.1, 0.15) is 19.8 Å². The van der Waals surface area contributed by atoms with E-state index in [4.69, 9.17) is 5.73 Å². The number of thiophene rings is 1. The lowest BCUT2D eigenvalue weighted by molar-refractivity contribution is 0.681. The molecule has 0 radical (unpaired) electrons. The van der Waals surface area contributed by atoms with Crippen molar-refractivity contribution in [3.8, 4) is 0 Å². The van der Waals surface area contributed by atoms with Gasteiger partial charge < -0.3 is 5.73 Å². The zero-order valence-corrected chi connectivity index (χ0v) is 14.6. The number of anilines is 1. The van der Waals surface area contributed by atoms with Crippen molar-refractivity contribution in [2.24, 2.45) is 0 Å². The van der Waals surface area contributed by atoms with Crippen LogP contribution in [0.5, 0.6) is 0 Å². The van der Waals surface area contributed by atoms with Crippen LogP contribution in [0.2, 0.25) is 0 Å². The van der Waals surface area contributed by atoms with Gasteiger partial charge in [-0.1, -0.05) is 24.8 Å². The molecule has 1 unspecified atom stereocenters. The van der Waals surface area contributed by atoms with E-state index in [0.717, 1.165) is 27.3 Å². The number of hydrogen-bond acceptors (Lipinski definition) is 4. The summed E-state index contributed by atoms with van der Waals surface area (Å²) in [7, 11) is -0.974. The number of nitrogen functional groups attached to an aromatic ring is 1. The van der Waals surface area contributed by atoms with E-state index >= 15 is 0 Å². The lowest BCUT2D eigenvalue weighted by Crippen LogP contribution is -1.98. The topological polar surface area (TPSA) is 56.0 Å². The second-order valence-electron chi connectivity index (χ2n) is 4.29. The summed E-state index contributed by atoms with van der Waals surface area (Å²) in [5.74, 6) is 0.688. The molecule has 0 bridgehead atoms. The summed E-state index contributed by atoms with van der Waals surface area (Å²) in [5, 5.41) is 0.923. The average Bonchev–Trinajstić information content (AvgIpc) is 2.91. The van der Waals surface area contributed by atoms with Crippen LogP contribution in [-0.4, -0.2) is 14.9 Å². The van der Waals surface area contributed by atoms with E-state index in [2.05, 4.69) is 53.7 Å². The van der Waals surface area contributed by atoms with Gasteiger partial charge in [0, 0.05) is 17.3 Å². The molecule has 2 aromatic heterocycles. The normalized spacial score (nSPS) is 10.1. The van der Waals surface area contributed by atoms with Gasteiger partial charge in [-0.3, -0.25) is 4.21 Å². The molecule has 0 aromatic carbocycles. The molecule has 0 saturated carbocycles. The van der Waals surface area contributed by atoms with Crippen LogP contribution >= 0.6 is 11.3 Å². The van der Waals surface area contributed by atoms with Crippen LogP contribution in [-0.2, 0) is 10.8 Å². The minimum Gasteiger partial charge on any atom is -0.397 e. The van der Waals surface area contributed by atoms with Crippen LogP contribution in [0.4, 0.5) is 5.69 Å². The van der Waals surface area contributed by atoms with Crippen LogP contribution < -0.4 is 5.73 Å². The number of hydrogen-bond donors (Lipinski definition) is 1. The molecule has 0 aliphatic carbocycles. The van der Waals surface area contributed by atoms with E-state index < -0.39 is 10.8 Å². The maximum Gasteiger partial charge on any atom is 0.126 e. The third-order valence-corrected chi connectivity index (χ3v) is 5.69. The third kappa shape index (κ3) is 5.77. The van der Waals surface area contributed by atoms with Crippen LogP contribution in [0.3, 0.4) is 0 Å². The van der Waals surface area contributed by atoms with Gasteiger partial charge in [-0.25, -0.2) is 4.98 Å². The fourth-order valence-corrected chi connectivity index (χ4v) is 4.33. The van der Waals surface area contributed by atoms with Crippen molar-refractivity contribution < 1.29 is 4.21 Å². The summed E-state index contributed by atoms with van der Waals surface area (Å²) in [4.78, 5) is 5.10. The van der Waals surface area contributed by atoms with Crippen molar-refractivity contribution in [3.05, 3.63) is 60.1 Å². The van der Waals surface area contributed by atoms with E-state index in [0.29, 0.717) is 11.4 Å². The number of nitrogens with zero attached hydrogens (tertiary/aromatic N) is 1. The summed E-state index contributed by atoms with van der Waals surface area (Å²) >= 11 is 1.45. The van der Waals surface area contributed by atoms with Gasteiger partial charge >= 0.3 is 0 Å². The Morgan fingerprint density at radius 1 is 1.30 bits per heavy atom. The number of rotatable bonds is 4. The molecule has 0 fully saturated rings. The molecule has 1 atom stereocenters. The number of aromatic nitrogens is 1. The number of unbranched alkanes of at least 4 members (excludes halogenated alkanes) is 1. The highest BCUT2D eigenvalue weighted by Gasteiger charge is 2.14. The molecule has 118 valence electrons. The maximum absolute atomic E-state index is 12.0. The summed E-state index contributed by atoms with van der Waals surface area (Å²) in [6.45, 7) is 8.58. The molecule has 0 amide bonds. The number of nitrogens with two attached hydrogens (primary N) is 1. The first-order chi connectivity index (χ1) is 11.2. The van der Waals surface area contributed by atoms with E-state index in [1.807, 2.05) is 12.1 Å². The van der Waals surface area contributed by atoms with Gasteiger partial charge in [0.25, 0.3) is 0 Å². The van der Waals surface area contributed by atoms with Crippen molar-refractivity contribution in [2.75, 3.05) is 11.5 Å². The van der Waals surface area contributed by atoms with Gasteiger partial charge in [0.05, 0.1) is 16.5 Å². The van der Waals surface area contributed by atoms with E-state index in [-0.39, 0.29) is 0 Å². The smallest absolute Gasteiger partial charge is 0.126 e. The van der Waals surface area contributed by atoms with Crippen LogP contribution in [0.15, 0.2) is 64.4 Å². The van der Waals surface area contributed by atoms with Gasteiger partial charge in [-0.2, -0.15) is 0 Å². The molecule has 0 spiro atoms. The standard InChI is InChI=1S/C11H14N2OS2.C7H4/c1-2-3-7-16(14)11-9(12)8-5-4-6-13-10(8)15-11;1-3-5-7-6-4-2/h4-6H,2-3,7,12H2,1H3;1-2H2. The zero-order chi connectivity index (χ0) is 17.1. The Balaban J connectivity index is 0.000000322. The second kappa shape index (κ2) is 10.4. The fraction of sp³-hybridized carbons (Fsp3) is 0.222. The predicted molar refractivity (Wildman–Crippen MR) is 99.0 cm³/mol. The molecule has 2 heterocycles. The number of fused-ring (bicyclic) bond motifs is 1. The van der Waals surface area contributed by atoms with Gasteiger partial charge in [0.15, 0.2) is 0 Å². The summed E-state index contributed by atoms with van der Waals surface area (Å²) < 4.78 is 12.8. The Bertz CT molecular complexity index is 846. The average molecular weight is 342 g/mol. The highest BCUT2D eigenvalue weighted by molar-refractivity contribution is 7.87. The summed E-state index contributed by atoms with van der Waals surface area (Å²) in [6, 6.07) is 3.78. The van der Waals surface area contributed by atoms with Crippen LogP contribution in [0.25, 0.3) is 10.2 Å². The molecule has 2 N–H and O–H groups in total. The lowest BCUT2D eigenvalue weighted by atomic mass is 10.3. The van der Waals surface area contributed by atoms with Crippen molar-refractivity contribution in [1.29, 1.82) is 0 Å². The van der Waals surface area contributed by atoms with Crippen molar-refractivity contribution in [2.45, 2.75) is 24.0 Å². The first-order valence-corrected chi connectivity index (χ1v) is 9.09. The first-order valence-electron chi connectivity index (χ1n) is 6.96. The van der Waals surface area contributed by atoms with Gasteiger partial charge in [-0.15, -0.1) is 11.3 Å². The SMILES string of the molecule is C=C=C=C=C=C=C.CCCCS(=O)c1sc2ncccc2c1N. The highest BCUT2D eigenvalue weighted by Crippen LogP contribution is 2.34. The summed E-state index contributed by atoms with van der Waals surface area (Å²) in [5.41, 5.74) is 18.6. The molecular weight excluding hydrogens is 324 g/mol. The fourth-order valence-electron chi connectivity index (χ4n) is 1.59. The Hall–Kier alpha value is -2.30. The molecule has 0 aliphatic heterocycles. The molecule has 3 nitrogen and oxygen atoms in total. The van der Waals surface area contributed by atoms with Crippen molar-refractivity contribution in [1.82, 2.24) is 4.98 Å².